The zero-order valence-electron chi connectivity index (χ0n) is 23.5. The van der Waals surface area contributed by atoms with Crippen LogP contribution in [0.2, 0.25) is 5.15 Å². The summed E-state index contributed by atoms with van der Waals surface area (Å²) in [5.74, 6) is -1.17. The monoisotopic (exact) mass is 614 g/mol. The number of carbonyl (C=O) groups is 1. The molecule has 0 bridgehead atoms. The van der Waals surface area contributed by atoms with Crippen LogP contribution in [0.3, 0.4) is 0 Å². The highest BCUT2D eigenvalue weighted by atomic mass is 35.5. The second kappa shape index (κ2) is 11.5. The van der Waals surface area contributed by atoms with E-state index in [1.54, 1.807) is 13.0 Å². The fourth-order valence-electron chi connectivity index (χ4n) is 5.55. The van der Waals surface area contributed by atoms with Crippen molar-refractivity contribution in [1.82, 2.24) is 4.98 Å². The minimum atomic E-state index is -5.07. The summed E-state index contributed by atoms with van der Waals surface area (Å²) in [5.41, 5.74) is -2.98. The molecule has 1 heterocycles. The van der Waals surface area contributed by atoms with Crippen LogP contribution < -0.4 is 4.90 Å². The zero-order valence-corrected chi connectivity index (χ0v) is 24.2. The molecule has 11 heteroatoms. The van der Waals surface area contributed by atoms with Crippen LogP contribution in [0.25, 0.3) is 11.1 Å². The molecule has 0 unspecified atom stereocenters. The number of rotatable bonds is 5. The number of pyridine rings is 1. The summed E-state index contributed by atoms with van der Waals surface area (Å²) in [7, 11) is 1.34. The number of hydrogen-bond donors (Lipinski definition) is 0. The maximum Gasteiger partial charge on any atom is 0.416 e. The van der Waals surface area contributed by atoms with Gasteiger partial charge in [0.15, 0.2) is 5.15 Å². The molecule has 1 aliphatic carbocycles. The number of alkyl halides is 6. The van der Waals surface area contributed by atoms with Crippen molar-refractivity contribution in [3.05, 3.63) is 81.4 Å². The highest BCUT2D eigenvalue weighted by molar-refractivity contribution is 6.33. The summed E-state index contributed by atoms with van der Waals surface area (Å²) in [4.78, 5) is 19.7. The van der Waals surface area contributed by atoms with E-state index in [1.165, 1.54) is 39.1 Å². The van der Waals surface area contributed by atoms with Gasteiger partial charge in [-0.15, -0.1) is 0 Å². The predicted octanol–water partition coefficient (Wildman–Crippen LogP) is 9.88. The third kappa shape index (κ3) is 6.43. The molecule has 42 heavy (non-hydrogen) atoms. The Hall–Kier alpha value is -3.14. The Balaban J connectivity index is 1.86. The topological polar surface area (TPSA) is 33.2 Å². The average Bonchev–Trinajstić information content (AvgIpc) is 2.91. The molecule has 3 aromatic rings. The first-order valence-electron chi connectivity index (χ1n) is 13.5. The number of hydrogen-bond acceptors (Lipinski definition) is 2. The van der Waals surface area contributed by atoms with Crippen LogP contribution in [0.1, 0.15) is 79.8 Å². The lowest BCUT2D eigenvalue weighted by molar-refractivity contribution is -0.143. The maximum absolute atomic E-state index is 14.0. The second-order valence-electron chi connectivity index (χ2n) is 11.3. The van der Waals surface area contributed by atoms with Crippen LogP contribution in [0, 0.1) is 12.7 Å². The second-order valence-corrected chi connectivity index (χ2v) is 11.7. The van der Waals surface area contributed by atoms with Gasteiger partial charge < -0.3 is 4.90 Å². The molecule has 1 aromatic heterocycles. The lowest BCUT2D eigenvalue weighted by atomic mass is 9.81. The van der Waals surface area contributed by atoms with Crippen molar-refractivity contribution in [3.8, 4) is 11.1 Å². The number of benzene rings is 2. The van der Waals surface area contributed by atoms with Crippen molar-refractivity contribution in [2.75, 3.05) is 11.9 Å². The van der Waals surface area contributed by atoms with E-state index >= 15 is 0 Å². The first-order valence-corrected chi connectivity index (χ1v) is 13.8. The number of carbonyl (C=O) groups excluding carboxylic acids is 1. The summed E-state index contributed by atoms with van der Waals surface area (Å²) >= 11 is 6.72. The van der Waals surface area contributed by atoms with Crippen LogP contribution in [0.4, 0.5) is 36.4 Å². The maximum atomic E-state index is 14.0. The van der Waals surface area contributed by atoms with Crippen molar-refractivity contribution in [3.63, 3.8) is 0 Å². The van der Waals surface area contributed by atoms with Gasteiger partial charge in [-0.3, -0.25) is 4.79 Å². The summed E-state index contributed by atoms with van der Waals surface area (Å²) in [6, 6.07) is 7.04. The molecule has 0 N–H and O–H groups in total. The van der Waals surface area contributed by atoms with Crippen molar-refractivity contribution in [1.29, 1.82) is 0 Å². The third-order valence-corrected chi connectivity index (χ3v) is 8.22. The minimum Gasteiger partial charge on any atom is -0.311 e. The normalized spacial score (nSPS) is 15.1. The fourth-order valence-corrected chi connectivity index (χ4v) is 5.87. The number of aryl methyl sites for hydroxylation is 1. The van der Waals surface area contributed by atoms with Gasteiger partial charge in [0.25, 0.3) is 0 Å². The first kappa shape index (κ1) is 31.8. The van der Waals surface area contributed by atoms with Crippen LogP contribution in [0.15, 0.2) is 42.5 Å². The highest BCUT2D eigenvalue weighted by Crippen LogP contribution is 2.44. The van der Waals surface area contributed by atoms with E-state index in [0.29, 0.717) is 34.5 Å². The molecule has 3 nitrogen and oxygen atoms in total. The molecule has 0 saturated heterocycles. The Morgan fingerprint density at radius 1 is 0.857 bits per heavy atom. The number of amides is 1. The quantitative estimate of drug-likeness (QED) is 0.212. The summed E-state index contributed by atoms with van der Waals surface area (Å²) in [5, 5.41) is -0.0523. The van der Waals surface area contributed by atoms with E-state index in [1.807, 2.05) is 0 Å². The van der Waals surface area contributed by atoms with Crippen molar-refractivity contribution in [2.24, 2.45) is 0 Å². The molecule has 4 rings (SSSR count). The van der Waals surface area contributed by atoms with Crippen LogP contribution in [-0.4, -0.2) is 17.9 Å². The molecule has 0 radical (unpaired) electrons. The summed E-state index contributed by atoms with van der Waals surface area (Å²) in [6.07, 6.45) is -5.23. The van der Waals surface area contributed by atoms with Crippen LogP contribution >= 0.6 is 11.6 Å². The van der Waals surface area contributed by atoms with Gasteiger partial charge in [0.05, 0.1) is 22.2 Å². The van der Waals surface area contributed by atoms with Gasteiger partial charge in [-0.2, -0.15) is 26.3 Å². The number of likely N-dealkylation sites (N-methyl/N-ethyl adjacent to an activating group) is 1. The lowest BCUT2D eigenvalue weighted by Crippen LogP contribution is -2.42. The molecular formula is C31H30ClF7N2O. The molecule has 2 aromatic carbocycles. The Morgan fingerprint density at radius 2 is 1.40 bits per heavy atom. The molecule has 226 valence electrons. The summed E-state index contributed by atoms with van der Waals surface area (Å²) in [6.45, 7) is 4.19. The Kier molecular flexibility index (Phi) is 8.71. The molecule has 1 fully saturated rings. The molecule has 0 atom stereocenters. The Labute approximate surface area is 244 Å². The van der Waals surface area contributed by atoms with E-state index in [9.17, 15) is 35.5 Å². The smallest absolute Gasteiger partial charge is 0.311 e. The molecular weight excluding hydrogens is 585 g/mol. The predicted molar refractivity (Wildman–Crippen MR) is 148 cm³/mol. The van der Waals surface area contributed by atoms with Crippen molar-refractivity contribution >= 4 is 23.2 Å². The van der Waals surface area contributed by atoms with E-state index < -0.39 is 46.2 Å². The number of halogens is 8. The SMILES string of the molecule is Cc1cc(F)ccc1-c1cc(C2CCCCC2)nc(Cl)c1N(C)C(=O)C(C)(C)c1cc(C(F)(F)F)cc(C(F)(F)F)c1. The highest BCUT2D eigenvalue weighted by Gasteiger charge is 2.41. The lowest BCUT2D eigenvalue weighted by Gasteiger charge is -2.33. The third-order valence-electron chi connectivity index (χ3n) is 7.96. The number of nitrogens with zero attached hydrogens (tertiary/aromatic N) is 2. The van der Waals surface area contributed by atoms with Crippen LogP contribution in [-0.2, 0) is 22.6 Å². The first-order chi connectivity index (χ1) is 19.4. The fraction of sp³-hybridized carbons (Fsp3) is 0.419. The molecule has 1 aliphatic rings. The standard InChI is InChI=1S/C31H30ClF7N2O/c1-17-12-22(33)10-11-23(17)24-16-25(18-8-6-5-7-9-18)40-27(32)26(24)41(4)28(42)29(2,3)19-13-20(30(34,35)36)15-21(14-19)31(37,38)39/h10-16,18H,5-9H2,1-4H3. The van der Waals surface area contributed by atoms with E-state index in [-0.39, 0.29) is 22.8 Å². The summed E-state index contributed by atoms with van der Waals surface area (Å²) < 4.78 is 95.5. The van der Waals surface area contributed by atoms with Crippen molar-refractivity contribution < 1.29 is 35.5 Å². The minimum absolute atomic E-state index is 0.0218. The Morgan fingerprint density at radius 3 is 1.93 bits per heavy atom. The number of aromatic nitrogens is 1. The van der Waals surface area contributed by atoms with E-state index in [2.05, 4.69) is 4.98 Å². The molecule has 0 spiro atoms. The van der Waals surface area contributed by atoms with E-state index in [4.69, 9.17) is 11.6 Å². The number of anilines is 1. The molecule has 1 amide bonds. The van der Waals surface area contributed by atoms with E-state index in [0.717, 1.165) is 37.0 Å². The van der Waals surface area contributed by atoms with Gasteiger partial charge in [0, 0.05) is 24.2 Å². The van der Waals surface area contributed by atoms with Gasteiger partial charge in [0.1, 0.15) is 5.82 Å². The van der Waals surface area contributed by atoms with Crippen molar-refractivity contribution in [2.45, 2.75) is 76.6 Å². The van der Waals surface area contributed by atoms with Gasteiger partial charge in [-0.05, 0) is 86.7 Å². The van der Waals surface area contributed by atoms with Gasteiger partial charge in [0.2, 0.25) is 5.91 Å². The Bertz CT molecular complexity index is 1460. The van der Waals surface area contributed by atoms with Gasteiger partial charge >= 0.3 is 12.4 Å². The van der Waals surface area contributed by atoms with Crippen LogP contribution in [0.5, 0.6) is 0 Å². The molecule has 1 saturated carbocycles. The van der Waals surface area contributed by atoms with Gasteiger partial charge in [-0.25, -0.2) is 9.37 Å². The average molecular weight is 615 g/mol. The zero-order chi connectivity index (χ0) is 31.2. The molecule has 0 aliphatic heterocycles. The largest absolute Gasteiger partial charge is 0.416 e. The van der Waals surface area contributed by atoms with Gasteiger partial charge in [-0.1, -0.05) is 36.9 Å².